The molecule has 0 unspecified atom stereocenters. The summed E-state index contributed by atoms with van der Waals surface area (Å²) in [5, 5.41) is 7.06. The fourth-order valence-electron chi connectivity index (χ4n) is 2.73. The van der Waals surface area contributed by atoms with Crippen LogP contribution < -0.4 is 15.5 Å². The Labute approximate surface area is 160 Å². The second-order valence-corrected chi connectivity index (χ2v) is 7.68. The average Bonchev–Trinajstić information content (AvgIpc) is 3.13. The van der Waals surface area contributed by atoms with Gasteiger partial charge in [-0.3, -0.25) is 9.79 Å². The maximum Gasteiger partial charge on any atom is 0.227 e. The quantitative estimate of drug-likeness (QED) is 0.564. The number of nitrogens with zero attached hydrogens (tertiary/aromatic N) is 5. The van der Waals surface area contributed by atoms with Crippen molar-refractivity contribution in [1.82, 2.24) is 24.9 Å². The summed E-state index contributed by atoms with van der Waals surface area (Å²) in [6.45, 7) is 12.7. The zero-order valence-electron chi connectivity index (χ0n) is 16.5. The van der Waals surface area contributed by atoms with Gasteiger partial charge in [-0.15, -0.1) is 0 Å². The number of aryl methyl sites for hydroxylation is 1. The minimum Gasteiger partial charge on any atom is -0.359 e. The van der Waals surface area contributed by atoms with Crippen molar-refractivity contribution in [3.05, 3.63) is 5.82 Å². The van der Waals surface area contributed by atoms with Crippen LogP contribution in [0.3, 0.4) is 0 Å². The monoisotopic (exact) mass is 381 g/mol. The first kappa shape index (κ1) is 20.4. The second-order valence-electron chi connectivity index (χ2n) is 6.95. The number of nitrogens with one attached hydrogen (secondary N) is 2. The van der Waals surface area contributed by atoms with Crippen LogP contribution in [-0.2, 0) is 11.2 Å². The van der Waals surface area contributed by atoms with E-state index in [0.717, 1.165) is 56.1 Å². The molecule has 1 saturated heterocycles. The third-order valence-electron chi connectivity index (χ3n) is 4.42. The maximum absolute atomic E-state index is 12.0. The van der Waals surface area contributed by atoms with Crippen molar-refractivity contribution < 1.29 is 4.79 Å². The number of hydrogen-bond donors (Lipinski definition) is 2. The molecular weight excluding hydrogens is 350 g/mol. The van der Waals surface area contributed by atoms with Gasteiger partial charge < -0.3 is 20.4 Å². The molecule has 1 fully saturated rings. The van der Waals surface area contributed by atoms with E-state index in [1.807, 2.05) is 13.8 Å². The lowest BCUT2D eigenvalue weighted by molar-refractivity contribution is -0.128. The van der Waals surface area contributed by atoms with Crippen molar-refractivity contribution in [2.75, 3.05) is 51.2 Å². The molecule has 0 aromatic carbocycles. The lowest BCUT2D eigenvalue weighted by Crippen LogP contribution is -2.53. The third-order valence-corrected chi connectivity index (χ3v) is 5.24. The van der Waals surface area contributed by atoms with Crippen molar-refractivity contribution in [2.24, 2.45) is 10.4 Å². The molecular formula is C17H31N7OS. The van der Waals surface area contributed by atoms with Crippen molar-refractivity contribution in [3.8, 4) is 0 Å². The molecule has 26 heavy (non-hydrogen) atoms. The Morgan fingerprint density at radius 3 is 2.50 bits per heavy atom. The van der Waals surface area contributed by atoms with E-state index in [4.69, 9.17) is 4.99 Å². The number of piperazine rings is 1. The minimum absolute atomic E-state index is 0.00455. The molecule has 0 atom stereocenters. The molecule has 1 aliphatic heterocycles. The van der Waals surface area contributed by atoms with E-state index in [1.54, 1.807) is 7.05 Å². The van der Waals surface area contributed by atoms with Gasteiger partial charge in [-0.05, 0) is 20.8 Å². The summed E-state index contributed by atoms with van der Waals surface area (Å²) in [7, 11) is 1.66. The van der Waals surface area contributed by atoms with E-state index in [-0.39, 0.29) is 5.91 Å². The number of rotatable bonds is 6. The predicted octanol–water partition coefficient (Wildman–Crippen LogP) is 0.960. The van der Waals surface area contributed by atoms with Gasteiger partial charge in [0, 0.05) is 57.7 Å². The predicted molar refractivity (Wildman–Crippen MR) is 107 cm³/mol. The molecule has 1 amide bonds. The molecule has 0 spiro atoms. The SMILES string of the molecule is CCNC(=NCC(C)(C)C(=O)NC)N1CCN(c2nc(CC)ns2)CC1. The highest BCUT2D eigenvalue weighted by Gasteiger charge is 2.27. The van der Waals surface area contributed by atoms with Crippen LogP contribution >= 0.6 is 11.5 Å². The number of carbonyl (C=O) groups excluding carboxylic acids is 1. The van der Waals surface area contributed by atoms with E-state index in [0.29, 0.717) is 6.54 Å². The van der Waals surface area contributed by atoms with Crippen LogP contribution in [0.4, 0.5) is 5.13 Å². The molecule has 0 saturated carbocycles. The molecule has 1 aliphatic rings. The number of carbonyl (C=O) groups is 1. The number of anilines is 1. The molecule has 8 nitrogen and oxygen atoms in total. The summed E-state index contributed by atoms with van der Waals surface area (Å²) in [5.41, 5.74) is -0.527. The van der Waals surface area contributed by atoms with Crippen LogP contribution in [0, 0.1) is 5.41 Å². The first-order valence-electron chi connectivity index (χ1n) is 9.24. The molecule has 2 N–H and O–H groups in total. The molecule has 0 radical (unpaired) electrons. The third kappa shape index (κ3) is 5.06. The molecule has 2 rings (SSSR count). The Morgan fingerprint density at radius 2 is 1.96 bits per heavy atom. The highest BCUT2D eigenvalue weighted by Crippen LogP contribution is 2.20. The minimum atomic E-state index is -0.527. The average molecular weight is 382 g/mol. The first-order chi connectivity index (χ1) is 12.4. The lowest BCUT2D eigenvalue weighted by Gasteiger charge is -2.36. The molecule has 0 bridgehead atoms. The molecule has 1 aromatic rings. The number of hydrogen-bond acceptors (Lipinski definition) is 6. The summed E-state index contributed by atoms with van der Waals surface area (Å²) in [6, 6.07) is 0. The standard InChI is InChI=1S/C17H31N7OS/c1-6-13-21-16(26-22-13)24-10-8-23(9-11-24)15(19-7-2)20-12-17(3,4)14(25)18-5/h6-12H2,1-5H3,(H,18,25)(H,19,20). The Bertz CT molecular complexity index is 620. The fourth-order valence-corrected chi connectivity index (χ4v) is 3.54. The number of aliphatic imine (C=N–C) groups is 1. The van der Waals surface area contributed by atoms with Crippen molar-refractivity contribution in [2.45, 2.75) is 34.1 Å². The van der Waals surface area contributed by atoms with E-state index >= 15 is 0 Å². The van der Waals surface area contributed by atoms with Crippen LogP contribution in [0.25, 0.3) is 0 Å². The zero-order chi connectivity index (χ0) is 19.2. The van der Waals surface area contributed by atoms with Gasteiger partial charge in [0.15, 0.2) is 5.96 Å². The molecule has 146 valence electrons. The highest BCUT2D eigenvalue weighted by molar-refractivity contribution is 7.09. The fraction of sp³-hybridized carbons (Fsp3) is 0.765. The van der Waals surface area contributed by atoms with E-state index < -0.39 is 5.41 Å². The van der Waals surface area contributed by atoms with Gasteiger partial charge in [0.2, 0.25) is 11.0 Å². The van der Waals surface area contributed by atoms with Crippen LogP contribution in [0.15, 0.2) is 4.99 Å². The number of amides is 1. The largest absolute Gasteiger partial charge is 0.359 e. The van der Waals surface area contributed by atoms with Gasteiger partial charge in [-0.2, -0.15) is 4.37 Å². The summed E-state index contributed by atoms with van der Waals surface area (Å²) in [6.07, 6.45) is 0.870. The van der Waals surface area contributed by atoms with Gasteiger partial charge in [0.25, 0.3) is 0 Å². The Balaban J connectivity index is 1.98. The maximum atomic E-state index is 12.0. The van der Waals surface area contributed by atoms with Crippen molar-refractivity contribution >= 4 is 28.5 Å². The van der Waals surface area contributed by atoms with Crippen molar-refractivity contribution in [1.29, 1.82) is 0 Å². The van der Waals surface area contributed by atoms with E-state index in [9.17, 15) is 4.79 Å². The van der Waals surface area contributed by atoms with Crippen LogP contribution in [0.2, 0.25) is 0 Å². The topological polar surface area (TPSA) is 85.8 Å². The summed E-state index contributed by atoms with van der Waals surface area (Å²) in [5.74, 6) is 1.79. The van der Waals surface area contributed by atoms with Crippen LogP contribution in [0.5, 0.6) is 0 Å². The summed E-state index contributed by atoms with van der Waals surface area (Å²) >= 11 is 1.48. The van der Waals surface area contributed by atoms with E-state index in [2.05, 4.69) is 43.6 Å². The van der Waals surface area contributed by atoms with Gasteiger partial charge in [0.05, 0.1) is 12.0 Å². The molecule has 2 heterocycles. The van der Waals surface area contributed by atoms with Crippen LogP contribution in [0.1, 0.15) is 33.5 Å². The number of guanidine groups is 1. The first-order valence-corrected chi connectivity index (χ1v) is 10.0. The second kappa shape index (κ2) is 9.16. The normalized spacial score (nSPS) is 16.0. The zero-order valence-corrected chi connectivity index (χ0v) is 17.3. The Kier molecular flexibility index (Phi) is 7.19. The molecule has 0 aliphatic carbocycles. The van der Waals surface area contributed by atoms with Gasteiger partial charge in [0.1, 0.15) is 5.82 Å². The van der Waals surface area contributed by atoms with Gasteiger partial charge >= 0.3 is 0 Å². The van der Waals surface area contributed by atoms with Gasteiger partial charge in [-0.25, -0.2) is 4.98 Å². The van der Waals surface area contributed by atoms with Crippen molar-refractivity contribution in [3.63, 3.8) is 0 Å². The molecule has 9 heteroatoms. The lowest BCUT2D eigenvalue weighted by atomic mass is 9.93. The molecule has 1 aromatic heterocycles. The Hall–Kier alpha value is -1.90. The Morgan fingerprint density at radius 1 is 1.27 bits per heavy atom. The van der Waals surface area contributed by atoms with E-state index in [1.165, 1.54) is 11.5 Å². The van der Waals surface area contributed by atoms with Gasteiger partial charge in [-0.1, -0.05) is 6.92 Å². The summed E-state index contributed by atoms with van der Waals surface area (Å²) < 4.78 is 4.38. The summed E-state index contributed by atoms with van der Waals surface area (Å²) in [4.78, 5) is 25.8. The smallest absolute Gasteiger partial charge is 0.227 e. The number of aromatic nitrogens is 2. The highest BCUT2D eigenvalue weighted by atomic mass is 32.1. The van der Waals surface area contributed by atoms with Crippen LogP contribution in [-0.4, -0.2) is 72.4 Å².